The number of amides is 3. The predicted octanol–water partition coefficient (Wildman–Crippen LogP) is -0.763. The van der Waals surface area contributed by atoms with Crippen molar-refractivity contribution in [2.45, 2.75) is 19.9 Å². The first-order valence-electron chi connectivity index (χ1n) is 4.82. The average Bonchev–Trinajstić information content (AvgIpc) is 1.97. The Morgan fingerprint density at radius 2 is 1.81 bits per heavy atom. The Labute approximate surface area is 93.8 Å². The summed E-state index contributed by atoms with van der Waals surface area (Å²) in [4.78, 5) is 33.9. The van der Waals surface area contributed by atoms with Gasteiger partial charge in [0.1, 0.15) is 0 Å². The lowest BCUT2D eigenvalue weighted by Gasteiger charge is -2.14. The smallest absolute Gasteiger partial charge is 0.321 e. The molecule has 0 aliphatic heterocycles. The maximum absolute atomic E-state index is 11.2. The second-order valence-corrected chi connectivity index (χ2v) is 3.74. The second kappa shape index (κ2) is 6.78. The summed E-state index contributed by atoms with van der Waals surface area (Å²) in [5, 5.41) is 13.0. The van der Waals surface area contributed by atoms with Gasteiger partial charge in [0.05, 0.1) is 13.1 Å². The van der Waals surface area contributed by atoms with Crippen molar-refractivity contribution in [2.24, 2.45) is 0 Å². The van der Waals surface area contributed by atoms with E-state index in [4.69, 9.17) is 5.11 Å². The minimum absolute atomic E-state index is 0.0652. The van der Waals surface area contributed by atoms with E-state index >= 15 is 0 Å². The molecule has 0 unspecified atom stereocenters. The van der Waals surface area contributed by atoms with E-state index in [0.29, 0.717) is 0 Å². The van der Waals surface area contributed by atoms with Crippen molar-refractivity contribution in [3.05, 3.63) is 0 Å². The Morgan fingerprint density at radius 3 is 2.25 bits per heavy atom. The minimum Gasteiger partial charge on any atom is -0.480 e. The number of hydrogen-bond acceptors (Lipinski definition) is 4. The van der Waals surface area contributed by atoms with Gasteiger partial charge in [0.15, 0.2) is 0 Å². The van der Waals surface area contributed by atoms with Crippen LogP contribution in [-0.4, -0.2) is 54.1 Å². The van der Waals surface area contributed by atoms with Crippen molar-refractivity contribution >= 4 is 17.9 Å². The molecule has 0 spiro atoms. The third-order valence-corrected chi connectivity index (χ3v) is 1.49. The van der Waals surface area contributed by atoms with Gasteiger partial charge in [0.25, 0.3) is 0 Å². The van der Waals surface area contributed by atoms with Gasteiger partial charge in [-0.15, -0.1) is 0 Å². The van der Waals surface area contributed by atoms with Gasteiger partial charge in [-0.2, -0.15) is 0 Å². The van der Waals surface area contributed by atoms with Gasteiger partial charge in [-0.1, -0.05) is 0 Å². The molecule has 0 aromatic heterocycles. The molecule has 3 amide bonds. The number of imide groups is 1. The number of carboxylic acids is 1. The van der Waals surface area contributed by atoms with Gasteiger partial charge in [-0.05, 0) is 20.9 Å². The molecule has 0 atom stereocenters. The van der Waals surface area contributed by atoms with Crippen LogP contribution in [0.15, 0.2) is 0 Å². The summed E-state index contributed by atoms with van der Waals surface area (Å²) in [5.41, 5.74) is 0. The fraction of sp³-hybridized carbons (Fsp3) is 0.667. The van der Waals surface area contributed by atoms with Crippen LogP contribution in [-0.2, 0) is 9.59 Å². The standard InChI is InChI=1S/C9H17N3O4/c1-6(2)10-9(16)11-7(13)4-12(3)5-8(14)15/h6H,4-5H2,1-3H3,(H,14,15)(H2,10,11,13,16). The highest BCUT2D eigenvalue weighted by Gasteiger charge is 2.12. The highest BCUT2D eigenvalue weighted by atomic mass is 16.4. The summed E-state index contributed by atoms with van der Waals surface area (Å²) >= 11 is 0. The number of rotatable bonds is 5. The molecule has 16 heavy (non-hydrogen) atoms. The van der Waals surface area contributed by atoms with E-state index < -0.39 is 17.9 Å². The highest BCUT2D eigenvalue weighted by Crippen LogP contribution is 1.83. The molecule has 0 fully saturated rings. The van der Waals surface area contributed by atoms with Gasteiger partial charge < -0.3 is 10.4 Å². The predicted molar refractivity (Wildman–Crippen MR) is 56.9 cm³/mol. The van der Waals surface area contributed by atoms with Crippen molar-refractivity contribution in [3.63, 3.8) is 0 Å². The molecule has 0 aromatic carbocycles. The molecule has 0 bridgehead atoms. The van der Waals surface area contributed by atoms with Gasteiger partial charge in [-0.3, -0.25) is 19.8 Å². The Kier molecular flexibility index (Phi) is 6.09. The molecule has 0 aliphatic rings. The molecule has 0 aromatic rings. The van der Waals surface area contributed by atoms with Crippen molar-refractivity contribution in [1.82, 2.24) is 15.5 Å². The van der Waals surface area contributed by atoms with Gasteiger partial charge in [0.2, 0.25) is 5.91 Å². The van der Waals surface area contributed by atoms with Crippen molar-refractivity contribution < 1.29 is 19.5 Å². The van der Waals surface area contributed by atoms with Crippen LogP contribution in [0.5, 0.6) is 0 Å². The molecule has 0 aliphatic carbocycles. The van der Waals surface area contributed by atoms with E-state index in [1.165, 1.54) is 11.9 Å². The van der Waals surface area contributed by atoms with Crippen LogP contribution in [0.25, 0.3) is 0 Å². The number of nitrogens with one attached hydrogen (secondary N) is 2. The van der Waals surface area contributed by atoms with E-state index in [9.17, 15) is 14.4 Å². The lowest BCUT2D eigenvalue weighted by molar-refractivity contribution is -0.138. The average molecular weight is 231 g/mol. The molecular weight excluding hydrogens is 214 g/mol. The van der Waals surface area contributed by atoms with Crippen molar-refractivity contribution in [1.29, 1.82) is 0 Å². The van der Waals surface area contributed by atoms with Crippen LogP contribution >= 0.6 is 0 Å². The summed E-state index contributed by atoms with van der Waals surface area (Å²) in [5.74, 6) is -1.57. The van der Waals surface area contributed by atoms with Crippen LogP contribution in [0, 0.1) is 0 Å². The summed E-state index contributed by atoms with van der Waals surface area (Å²) in [6.45, 7) is 3.14. The van der Waals surface area contributed by atoms with Gasteiger partial charge in [0, 0.05) is 6.04 Å². The number of hydrogen-bond donors (Lipinski definition) is 3. The maximum Gasteiger partial charge on any atom is 0.321 e. The van der Waals surface area contributed by atoms with Gasteiger partial charge >= 0.3 is 12.0 Å². The monoisotopic (exact) mass is 231 g/mol. The van der Waals surface area contributed by atoms with Crippen molar-refractivity contribution in [3.8, 4) is 0 Å². The van der Waals surface area contributed by atoms with Crippen molar-refractivity contribution in [2.75, 3.05) is 20.1 Å². The van der Waals surface area contributed by atoms with E-state index in [1.807, 2.05) is 0 Å². The summed E-state index contributed by atoms with van der Waals surface area (Å²) in [7, 11) is 1.48. The number of likely N-dealkylation sites (N-methyl/N-ethyl adjacent to an activating group) is 1. The van der Waals surface area contributed by atoms with E-state index in [0.717, 1.165) is 0 Å². The van der Waals surface area contributed by atoms with Crippen LogP contribution in [0.1, 0.15) is 13.8 Å². The molecule has 0 saturated heterocycles. The molecular formula is C9H17N3O4. The molecule has 0 rings (SSSR count). The Balaban J connectivity index is 3.90. The van der Waals surface area contributed by atoms with Gasteiger partial charge in [-0.25, -0.2) is 4.79 Å². The summed E-state index contributed by atoms with van der Waals surface area (Å²) in [6.07, 6.45) is 0. The third-order valence-electron chi connectivity index (χ3n) is 1.49. The Hall–Kier alpha value is -1.63. The summed E-state index contributed by atoms with van der Waals surface area (Å²) < 4.78 is 0. The zero-order chi connectivity index (χ0) is 12.7. The highest BCUT2D eigenvalue weighted by molar-refractivity contribution is 5.95. The quantitative estimate of drug-likeness (QED) is 0.577. The van der Waals surface area contributed by atoms with E-state index in [-0.39, 0.29) is 19.1 Å². The number of urea groups is 1. The topological polar surface area (TPSA) is 98.7 Å². The lowest BCUT2D eigenvalue weighted by atomic mass is 10.4. The molecule has 0 saturated carbocycles. The van der Waals surface area contributed by atoms with Crippen LogP contribution in [0.3, 0.4) is 0 Å². The molecule has 7 heteroatoms. The lowest BCUT2D eigenvalue weighted by Crippen LogP contribution is -2.46. The van der Waals surface area contributed by atoms with E-state index in [2.05, 4.69) is 10.6 Å². The molecule has 7 nitrogen and oxygen atoms in total. The Morgan fingerprint density at radius 1 is 1.25 bits per heavy atom. The molecule has 92 valence electrons. The first-order chi connectivity index (χ1) is 7.31. The zero-order valence-electron chi connectivity index (χ0n) is 9.61. The molecule has 3 N–H and O–H groups in total. The van der Waals surface area contributed by atoms with Crippen LogP contribution < -0.4 is 10.6 Å². The molecule has 0 heterocycles. The third kappa shape index (κ3) is 7.74. The van der Waals surface area contributed by atoms with Crippen LogP contribution in [0.4, 0.5) is 4.79 Å². The fourth-order valence-corrected chi connectivity index (χ4v) is 0.996. The summed E-state index contributed by atoms with van der Waals surface area (Å²) in [6, 6.07) is -0.645. The number of carboxylic acid groups (broad SMARTS) is 1. The largest absolute Gasteiger partial charge is 0.480 e. The SMILES string of the molecule is CC(C)NC(=O)NC(=O)CN(C)CC(=O)O. The minimum atomic E-state index is -1.03. The zero-order valence-corrected chi connectivity index (χ0v) is 9.61. The normalized spacial score (nSPS) is 10.3. The first kappa shape index (κ1) is 14.4. The fourth-order valence-electron chi connectivity index (χ4n) is 0.996. The number of carbonyl (C=O) groups is 3. The van der Waals surface area contributed by atoms with E-state index in [1.54, 1.807) is 13.8 Å². The second-order valence-electron chi connectivity index (χ2n) is 3.74. The number of carbonyl (C=O) groups excluding carboxylic acids is 2. The van der Waals surface area contributed by atoms with Crippen LogP contribution in [0.2, 0.25) is 0 Å². The first-order valence-corrected chi connectivity index (χ1v) is 4.82. The maximum atomic E-state index is 11.2. The number of aliphatic carboxylic acids is 1. The molecule has 0 radical (unpaired) electrons. The Bertz CT molecular complexity index is 278. The number of nitrogens with zero attached hydrogens (tertiary/aromatic N) is 1.